The first-order valence-electron chi connectivity index (χ1n) is 20.9. The summed E-state index contributed by atoms with van der Waals surface area (Å²) in [6.07, 6.45) is 5.71. The molecule has 0 saturated carbocycles. The highest BCUT2D eigenvalue weighted by molar-refractivity contribution is 5.78. The van der Waals surface area contributed by atoms with E-state index in [1.165, 1.54) is 33.8 Å². The van der Waals surface area contributed by atoms with Gasteiger partial charge in [-0.15, -0.1) is 0 Å². The number of ether oxygens (including phenoxy) is 2. The van der Waals surface area contributed by atoms with Crippen molar-refractivity contribution in [2.45, 2.75) is 136 Å². The third-order valence-electron chi connectivity index (χ3n) is 11.3. The highest BCUT2D eigenvalue weighted by Crippen LogP contribution is 2.48. The standard InChI is InChI=1S/C37H46N6O2.C9H17NO2/c1-36(2,3)25-11-13-26(14-12-25)43-31(23-9-15-27-29(20-23)39-22-38-27)17-18-32(43)24-10-16-28-30(21-24)41-34(40-28)33-8-7-19-42(33)35(44)45-37(4,5)6;1-9(2,3)12-8(11)10-6-4-5-7-10/h9-16,20-21,31-33,38-39H,7-8,17-19,22H2,1-6H3,(H,40,41);4-7H2,1-3H3/t31?,32?,33-;/m0./s1. The number of benzene rings is 3. The van der Waals surface area contributed by atoms with Crippen LogP contribution in [0.4, 0.5) is 26.7 Å². The molecule has 306 valence electrons. The number of aromatic nitrogens is 2. The number of anilines is 3. The number of carbonyl (C=O) groups is 2. The van der Waals surface area contributed by atoms with Gasteiger partial charge >= 0.3 is 12.2 Å². The highest BCUT2D eigenvalue weighted by Gasteiger charge is 2.38. The lowest BCUT2D eigenvalue weighted by atomic mass is 9.87. The van der Waals surface area contributed by atoms with Crippen molar-refractivity contribution in [3.05, 3.63) is 83.2 Å². The zero-order valence-corrected chi connectivity index (χ0v) is 35.5. The second kappa shape index (κ2) is 15.8. The van der Waals surface area contributed by atoms with Crippen LogP contribution in [0.5, 0.6) is 0 Å². The summed E-state index contributed by atoms with van der Waals surface area (Å²) in [5, 5.41) is 6.89. The van der Waals surface area contributed by atoms with E-state index in [2.05, 4.69) is 102 Å². The van der Waals surface area contributed by atoms with Crippen LogP contribution in [0.25, 0.3) is 11.0 Å². The quantitative estimate of drug-likeness (QED) is 0.188. The van der Waals surface area contributed by atoms with Crippen LogP contribution in [-0.2, 0) is 14.9 Å². The Labute approximate surface area is 338 Å². The summed E-state index contributed by atoms with van der Waals surface area (Å²) < 4.78 is 10.9. The number of hydrogen-bond acceptors (Lipinski definition) is 8. The van der Waals surface area contributed by atoms with E-state index in [9.17, 15) is 9.59 Å². The second-order valence-corrected chi connectivity index (χ2v) is 19.1. The number of amides is 2. The van der Waals surface area contributed by atoms with Gasteiger partial charge < -0.3 is 34.9 Å². The van der Waals surface area contributed by atoms with E-state index in [4.69, 9.17) is 14.5 Å². The predicted octanol–water partition coefficient (Wildman–Crippen LogP) is 10.8. The van der Waals surface area contributed by atoms with Gasteiger partial charge in [-0.1, -0.05) is 45.0 Å². The molecule has 4 aliphatic rings. The summed E-state index contributed by atoms with van der Waals surface area (Å²) in [4.78, 5) is 39.1. The molecule has 8 rings (SSSR count). The molecule has 4 aliphatic heterocycles. The summed E-state index contributed by atoms with van der Waals surface area (Å²) in [6.45, 7) is 21.4. The molecule has 57 heavy (non-hydrogen) atoms. The average molecular weight is 778 g/mol. The van der Waals surface area contributed by atoms with Gasteiger partial charge in [0.25, 0.3) is 0 Å². The van der Waals surface area contributed by atoms with Gasteiger partial charge in [-0.05, 0) is 139 Å². The molecule has 0 radical (unpaired) electrons. The van der Waals surface area contributed by atoms with Crippen molar-refractivity contribution in [3.8, 4) is 0 Å². The smallest absolute Gasteiger partial charge is 0.410 e. The first kappa shape index (κ1) is 40.3. The van der Waals surface area contributed by atoms with Gasteiger partial charge in [0.2, 0.25) is 0 Å². The number of likely N-dealkylation sites (tertiary alicyclic amines) is 2. The fourth-order valence-corrected chi connectivity index (χ4v) is 8.49. The lowest BCUT2D eigenvalue weighted by molar-refractivity contribution is 0.0217. The minimum atomic E-state index is -0.529. The minimum Gasteiger partial charge on any atom is -0.444 e. The normalized spacial score (nSPS) is 20.9. The van der Waals surface area contributed by atoms with Crippen LogP contribution in [0.3, 0.4) is 0 Å². The Morgan fingerprint density at radius 2 is 1.28 bits per heavy atom. The van der Waals surface area contributed by atoms with Crippen LogP contribution in [-0.4, -0.2) is 69.5 Å². The monoisotopic (exact) mass is 777 g/mol. The number of rotatable bonds is 4. The topological polar surface area (TPSA) is 115 Å². The Kier molecular flexibility index (Phi) is 11.2. The van der Waals surface area contributed by atoms with Crippen molar-refractivity contribution >= 4 is 40.3 Å². The fraction of sp³-hybridized carbons (Fsp3) is 0.543. The molecule has 0 bridgehead atoms. The maximum absolute atomic E-state index is 13.0. The number of carbonyl (C=O) groups excluding carboxylic acids is 2. The van der Waals surface area contributed by atoms with E-state index in [0.29, 0.717) is 6.54 Å². The van der Waals surface area contributed by atoms with Gasteiger partial charge in [-0.25, -0.2) is 14.6 Å². The van der Waals surface area contributed by atoms with Crippen LogP contribution in [0.1, 0.15) is 141 Å². The Balaban J connectivity index is 0.000000356. The molecule has 2 amide bonds. The van der Waals surface area contributed by atoms with Crippen molar-refractivity contribution < 1.29 is 19.1 Å². The summed E-state index contributed by atoms with van der Waals surface area (Å²) in [5.41, 5.74) is 8.69. The van der Waals surface area contributed by atoms with Gasteiger partial charge in [-0.3, -0.25) is 4.90 Å². The molecule has 11 heteroatoms. The Hall–Kier alpha value is -4.93. The summed E-state index contributed by atoms with van der Waals surface area (Å²) in [6, 6.07) is 23.0. The van der Waals surface area contributed by atoms with Crippen molar-refractivity contribution in [1.82, 2.24) is 19.8 Å². The van der Waals surface area contributed by atoms with Crippen LogP contribution < -0.4 is 15.5 Å². The zero-order chi connectivity index (χ0) is 40.7. The Morgan fingerprint density at radius 3 is 1.93 bits per heavy atom. The van der Waals surface area contributed by atoms with Crippen LogP contribution in [0, 0.1) is 0 Å². The fourth-order valence-electron chi connectivity index (χ4n) is 8.49. The van der Waals surface area contributed by atoms with Crippen LogP contribution in [0.2, 0.25) is 0 Å². The molecule has 0 aliphatic carbocycles. The maximum atomic E-state index is 13.0. The zero-order valence-electron chi connectivity index (χ0n) is 35.5. The minimum absolute atomic E-state index is 0.0999. The summed E-state index contributed by atoms with van der Waals surface area (Å²) in [7, 11) is 0. The molecular weight excluding hydrogens is 715 g/mol. The molecule has 2 unspecified atom stereocenters. The van der Waals surface area contributed by atoms with E-state index in [1.807, 2.05) is 46.4 Å². The van der Waals surface area contributed by atoms with Crippen LogP contribution >= 0.6 is 0 Å². The molecule has 4 aromatic rings. The molecule has 11 nitrogen and oxygen atoms in total. The number of imidazole rings is 1. The van der Waals surface area contributed by atoms with Gasteiger partial charge in [0, 0.05) is 25.3 Å². The third-order valence-corrected chi connectivity index (χ3v) is 11.3. The Bertz CT molecular complexity index is 2050. The van der Waals surface area contributed by atoms with Crippen molar-refractivity contribution in [2.24, 2.45) is 0 Å². The van der Waals surface area contributed by atoms with Crippen LogP contribution in [0.15, 0.2) is 60.7 Å². The molecule has 0 spiro atoms. The molecule has 3 fully saturated rings. The van der Waals surface area contributed by atoms with Crippen molar-refractivity contribution in [1.29, 1.82) is 0 Å². The molecule has 1 aromatic heterocycles. The van der Waals surface area contributed by atoms with Gasteiger partial charge in [0.15, 0.2) is 0 Å². The lowest BCUT2D eigenvalue weighted by Crippen LogP contribution is -2.36. The number of nitrogens with one attached hydrogen (secondary N) is 3. The van der Waals surface area contributed by atoms with Gasteiger partial charge in [0.05, 0.1) is 47.2 Å². The number of nitrogens with zero attached hydrogens (tertiary/aromatic N) is 4. The Morgan fingerprint density at radius 1 is 0.667 bits per heavy atom. The molecule has 5 heterocycles. The van der Waals surface area contributed by atoms with E-state index in [-0.39, 0.29) is 41.3 Å². The van der Waals surface area contributed by atoms with Gasteiger partial charge in [-0.2, -0.15) is 0 Å². The van der Waals surface area contributed by atoms with Crippen molar-refractivity contribution in [3.63, 3.8) is 0 Å². The molecule has 3 saturated heterocycles. The van der Waals surface area contributed by atoms with E-state index in [1.54, 1.807) is 4.90 Å². The summed E-state index contributed by atoms with van der Waals surface area (Å²) in [5.74, 6) is 0.837. The van der Waals surface area contributed by atoms with E-state index >= 15 is 0 Å². The molecule has 3 atom stereocenters. The van der Waals surface area contributed by atoms with E-state index in [0.717, 1.165) is 75.1 Å². The number of hydrogen-bond donors (Lipinski definition) is 3. The maximum Gasteiger partial charge on any atom is 0.410 e. The van der Waals surface area contributed by atoms with Gasteiger partial charge in [0.1, 0.15) is 17.0 Å². The number of fused-ring (bicyclic) bond motifs is 2. The molecular formula is C46H63N7O4. The molecule has 3 N–H and O–H groups in total. The lowest BCUT2D eigenvalue weighted by Gasteiger charge is -2.34. The number of H-pyrrole nitrogens is 1. The third kappa shape index (κ3) is 9.29. The second-order valence-electron chi connectivity index (χ2n) is 19.1. The van der Waals surface area contributed by atoms with E-state index < -0.39 is 5.60 Å². The highest BCUT2D eigenvalue weighted by atomic mass is 16.6. The SMILES string of the molecule is CC(C)(C)OC(=O)N1CCCC1.CC(C)(C)OC(=O)N1CCC[C@H]1c1nc2ccc(C3CCC(c4ccc5c(c4)NCN5)N3c3ccc(C(C)(C)C)cc3)cc2[nH]1. The summed E-state index contributed by atoms with van der Waals surface area (Å²) >= 11 is 0. The average Bonchev–Trinajstić information content (AvgIpc) is 3.98. The predicted molar refractivity (Wildman–Crippen MR) is 229 cm³/mol. The number of aromatic amines is 1. The largest absolute Gasteiger partial charge is 0.444 e. The first-order chi connectivity index (χ1) is 26.9. The molecule has 3 aromatic carbocycles. The van der Waals surface area contributed by atoms with Crippen molar-refractivity contribution in [2.75, 3.05) is 41.8 Å². The first-order valence-corrected chi connectivity index (χ1v) is 20.9.